The number of nitrogens with one attached hydrogen (secondary N) is 3. The van der Waals surface area contributed by atoms with Gasteiger partial charge in [-0.3, -0.25) is 4.79 Å². The van der Waals surface area contributed by atoms with Crippen molar-refractivity contribution in [3.8, 4) is 5.75 Å². The Kier molecular flexibility index (Phi) is 5.37. The number of hydrogen-bond donors (Lipinski definition) is 3. The van der Waals surface area contributed by atoms with Crippen LogP contribution in [0.3, 0.4) is 0 Å². The van der Waals surface area contributed by atoms with Gasteiger partial charge in [-0.2, -0.15) is 0 Å². The Morgan fingerprint density at radius 2 is 1.93 bits per heavy atom. The van der Waals surface area contributed by atoms with Gasteiger partial charge in [0.15, 0.2) is 0 Å². The number of amides is 3. The number of anilines is 1. The molecule has 3 rings (SSSR count). The average molecular weight is 386 g/mol. The summed E-state index contributed by atoms with van der Waals surface area (Å²) in [5.41, 5.74) is 3.20. The van der Waals surface area contributed by atoms with E-state index in [4.69, 9.17) is 16.3 Å². The van der Waals surface area contributed by atoms with E-state index >= 15 is 0 Å². The quantitative estimate of drug-likeness (QED) is 0.746. The monoisotopic (exact) mass is 385 g/mol. The molecule has 6 nitrogen and oxygen atoms in total. The lowest BCUT2D eigenvalue weighted by atomic mass is 9.92. The van der Waals surface area contributed by atoms with E-state index in [1.165, 1.54) is 7.11 Å². The lowest BCUT2D eigenvalue weighted by Gasteiger charge is -2.29. The number of carbonyl (C=O) groups is 2. The van der Waals surface area contributed by atoms with Crippen LogP contribution in [-0.2, 0) is 4.79 Å². The molecule has 1 heterocycles. The van der Waals surface area contributed by atoms with E-state index in [2.05, 4.69) is 16.0 Å². The second kappa shape index (κ2) is 7.72. The normalized spacial score (nSPS) is 16.4. The van der Waals surface area contributed by atoms with E-state index in [1.54, 1.807) is 25.1 Å². The average Bonchev–Trinajstić information content (AvgIpc) is 2.61. The van der Waals surface area contributed by atoms with Crippen molar-refractivity contribution in [1.29, 1.82) is 0 Å². The number of allylic oxidation sites excluding steroid dienone is 1. The van der Waals surface area contributed by atoms with Crippen molar-refractivity contribution in [2.75, 3.05) is 12.4 Å². The second-order valence-electron chi connectivity index (χ2n) is 6.23. The molecular formula is C20H20ClN3O3. The largest absolute Gasteiger partial charge is 0.495 e. The van der Waals surface area contributed by atoms with Crippen LogP contribution < -0.4 is 20.7 Å². The van der Waals surface area contributed by atoms with Crippen molar-refractivity contribution >= 4 is 29.2 Å². The van der Waals surface area contributed by atoms with E-state index in [0.717, 1.165) is 11.1 Å². The molecule has 0 aromatic heterocycles. The Morgan fingerprint density at radius 1 is 1.19 bits per heavy atom. The minimum absolute atomic E-state index is 0.349. The first-order valence-corrected chi connectivity index (χ1v) is 8.77. The molecule has 7 heteroatoms. The van der Waals surface area contributed by atoms with Crippen LogP contribution in [0.2, 0.25) is 5.02 Å². The van der Waals surface area contributed by atoms with Gasteiger partial charge in [0.1, 0.15) is 5.75 Å². The molecule has 1 aliphatic rings. The zero-order chi connectivity index (χ0) is 19.6. The summed E-state index contributed by atoms with van der Waals surface area (Å²) in [5.74, 6) is 0.139. The number of hydrogen-bond acceptors (Lipinski definition) is 3. The third-order valence-corrected chi connectivity index (χ3v) is 4.66. The number of halogens is 1. The molecule has 0 spiro atoms. The van der Waals surface area contributed by atoms with Gasteiger partial charge >= 0.3 is 6.03 Å². The summed E-state index contributed by atoms with van der Waals surface area (Å²) in [6.45, 7) is 3.64. The zero-order valence-corrected chi connectivity index (χ0v) is 16.0. The highest BCUT2D eigenvalue weighted by molar-refractivity contribution is 6.31. The molecule has 0 saturated carbocycles. The third-order valence-electron chi connectivity index (χ3n) is 4.42. The van der Waals surface area contributed by atoms with Gasteiger partial charge in [-0.25, -0.2) is 4.79 Å². The highest BCUT2D eigenvalue weighted by atomic mass is 35.5. The maximum atomic E-state index is 13.1. The summed E-state index contributed by atoms with van der Waals surface area (Å²) in [5, 5.41) is 8.81. The Bertz CT molecular complexity index is 940. The molecule has 1 aliphatic heterocycles. The summed E-state index contributed by atoms with van der Waals surface area (Å²) >= 11 is 6.05. The van der Waals surface area contributed by atoms with Crippen LogP contribution in [0.4, 0.5) is 10.5 Å². The van der Waals surface area contributed by atoms with Gasteiger partial charge in [-0.15, -0.1) is 0 Å². The summed E-state index contributed by atoms with van der Waals surface area (Å²) in [7, 11) is 1.52. The van der Waals surface area contributed by atoms with E-state index < -0.39 is 6.04 Å². The lowest BCUT2D eigenvalue weighted by Crippen LogP contribution is -2.46. The number of ether oxygens (including phenoxy) is 1. The number of carbonyl (C=O) groups excluding carboxylic acids is 2. The number of methoxy groups -OCH3 is 1. The van der Waals surface area contributed by atoms with Gasteiger partial charge in [0, 0.05) is 10.7 Å². The molecular weight excluding hydrogens is 366 g/mol. The van der Waals surface area contributed by atoms with E-state index in [1.807, 2.05) is 31.2 Å². The highest BCUT2D eigenvalue weighted by Gasteiger charge is 2.32. The van der Waals surface area contributed by atoms with Gasteiger partial charge in [0.2, 0.25) is 0 Å². The summed E-state index contributed by atoms with van der Waals surface area (Å²) in [4.78, 5) is 25.1. The maximum absolute atomic E-state index is 13.1. The van der Waals surface area contributed by atoms with Crippen molar-refractivity contribution in [2.24, 2.45) is 0 Å². The predicted octanol–water partition coefficient (Wildman–Crippen LogP) is 3.92. The van der Waals surface area contributed by atoms with E-state index in [0.29, 0.717) is 27.7 Å². The van der Waals surface area contributed by atoms with Crippen molar-refractivity contribution in [3.05, 3.63) is 69.9 Å². The molecule has 27 heavy (non-hydrogen) atoms. The lowest BCUT2D eigenvalue weighted by molar-refractivity contribution is -0.113. The summed E-state index contributed by atoms with van der Waals surface area (Å²) in [6, 6.07) is 11.7. The van der Waals surface area contributed by atoms with Crippen LogP contribution in [0.25, 0.3) is 0 Å². The molecule has 140 valence electrons. The molecule has 0 radical (unpaired) electrons. The predicted molar refractivity (Wildman–Crippen MR) is 105 cm³/mol. The maximum Gasteiger partial charge on any atom is 0.319 e. The van der Waals surface area contributed by atoms with Crippen molar-refractivity contribution in [2.45, 2.75) is 19.9 Å². The minimum Gasteiger partial charge on any atom is -0.495 e. The summed E-state index contributed by atoms with van der Waals surface area (Å²) in [6.07, 6.45) is 0. The first-order valence-electron chi connectivity index (χ1n) is 8.39. The van der Waals surface area contributed by atoms with Crippen LogP contribution in [-0.4, -0.2) is 19.0 Å². The molecule has 2 aromatic carbocycles. The Balaban J connectivity index is 2.00. The molecule has 0 fully saturated rings. The molecule has 3 N–H and O–H groups in total. The number of benzene rings is 2. The van der Waals surface area contributed by atoms with Gasteiger partial charge in [-0.1, -0.05) is 35.9 Å². The SMILES string of the molecule is COc1ccc(Cl)cc1NC(=O)C1=C(C)NC(=O)N[C@@H]1c1ccccc1C. The molecule has 0 bridgehead atoms. The third kappa shape index (κ3) is 3.90. The highest BCUT2D eigenvalue weighted by Crippen LogP contribution is 2.32. The van der Waals surface area contributed by atoms with Crippen LogP contribution in [0, 0.1) is 6.92 Å². The van der Waals surface area contributed by atoms with Gasteiger partial charge in [0.05, 0.1) is 24.4 Å². The van der Waals surface area contributed by atoms with E-state index in [-0.39, 0.29) is 11.9 Å². The first kappa shape index (κ1) is 18.8. The van der Waals surface area contributed by atoms with Crippen LogP contribution >= 0.6 is 11.6 Å². The van der Waals surface area contributed by atoms with Crippen LogP contribution in [0.15, 0.2) is 53.7 Å². The fraction of sp³-hybridized carbons (Fsp3) is 0.200. The van der Waals surface area contributed by atoms with Gasteiger partial charge in [0.25, 0.3) is 5.91 Å². The number of aryl methyl sites for hydroxylation is 1. The molecule has 1 atom stereocenters. The molecule has 3 amide bonds. The van der Waals surface area contributed by atoms with Crippen molar-refractivity contribution in [3.63, 3.8) is 0 Å². The molecule has 0 unspecified atom stereocenters. The fourth-order valence-electron chi connectivity index (χ4n) is 3.11. The number of urea groups is 1. The molecule has 0 aliphatic carbocycles. The molecule has 2 aromatic rings. The van der Waals surface area contributed by atoms with E-state index in [9.17, 15) is 9.59 Å². The summed E-state index contributed by atoms with van der Waals surface area (Å²) < 4.78 is 5.29. The van der Waals surface area contributed by atoms with Gasteiger partial charge in [-0.05, 0) is 43.2 Å². The number of rotatable bonds is 4. The standard InChI is InChI=1S/C20H20ClN3O3/c1-11-6-4-5-7-14(11)18-17(12(2)22-20(26)24-18)19(25)23-15-10-13(21)8-9-16(15)27-3/h4-10,18H,1-3H3,(H,23,25)(H2,22,24,26)/t18-/m1/s1. The van der Waals surface area contributed by atoms with Crippen molar-refractivity contribution < 1.29 is 14.3 Å². The Hall–Kier alpha value is -2.99. The Labute approximate surface area is 162 Å². The molecule has 0 saturated heterocycles. The van der Waals surface area contributed by atoms with Crippen LogP contribution in [0.1, 0.15) is 24.1 Å². The zero-order valence-electron chi connectivity index (χ0n) is 15.2. The Morgan fingerprint density at radius 3 is 2.63 bits per heavy atom. The second-order valence-corrected chi connectivity index (χ2v) is 6.66. The van der Waals surface area contributed by atoms with Gasteiger partial charge < -0.3 is 20.7 Å². The first-order chi connectivity index (χ1) is 12.9. The topological polar surface area (TPSA) is 79.5 Å². The van der Waals surface area contributed by atoms with Crippen LogP contribution in [0.5, 0.6) is 5.75 Å². The smallest absolute Gasteiger partial charge is 0.319 e. The minimum atomic E-state index is -0.565. The van der Waals surface area contributed by atoms with Crippen molar-refractivity contribution in [1.82, 2.24) is 10.6 Å². The fourth-order valence-corrected chi connectivity index (χ4v) is 3.28.